The zero-order valence-corrected chi connectivity index (χ0v) is 10.6. The van der Waals surface area contributed by atoms with E-state index in [-0.39, 0.29) is 5.91 Å². The van der Waals surface area contributed by atoms with Gasteiger partial charge in [-0.1, -0.05) is 30.3 Å². The maximum absolute atomic E-state index is 11.3. The molecule has 0 saturated heterocycles. The Balaban J connectivity index is 1.71. The van der Waals surface area contributed by atoms with E-state index in [0.717, 1.165) is 24.3 Å². The summed E-state index contributed by atoms with van der Waals surface area (Å²) in [7, 11) is 0. The molecule has 2 N–H and O–H groups in total. The van der Waals surface area contributed by atoms with Crippen LogP contribution in [0.4, 0.5) is 11.4 Å². The molecule has 19 heavy (non-hydrogen) atoms. The standard InChI is InChI=1S/C16H16N2O/c19-16-9-6-13-10-14(7-8-15(13)18-16)17-11-12-4-2-1-3-5-12/h1-5,7-8,10,17H,6,9,11H2,(H,18,19). The molecule has 0 aliphatic carbocycles. The molecular formula is C16H16N2O. The predicted octanol–water partition coefficient (Wildman–Crippen LogP) is 3.18. The molecule has 1 amide bonds. The number of fused-ring (bicyclic) bond motifs is 1. The molecule has 0 fully saturated rings. The highest BCUT2D eigenvalue weighted by atomic mass is 16.1. The normalized spacial score (nSPS) is 13.6. The Morgan fingerprint density at radius 3 is 2.74 bits per heavy atom. The van der Waals surface area contributed by atoms with Crippen molar-refractivity contribution in [2.24, 2.45) is 0 Å². The Morgan fingerprint density at radius 1 is 1.05 bits per heavy atom. The Kier molecular flexibility index (Phi) is 3.19. The van der Waals surface area contributed by atoms with Gasteiger partial charge in [-0.3, -0.25) is 4.79 Å². The number of nitrogens with one attached hydrogen (secondary N) is 2. The fourth-order valence-corrected chi connectivity index (χ4v) is 2.29. The largest absolute Gasteiger partial charge is 0.381 e. The molecule has 1 heterocycles. The second kappa shape index (κ2) is 5.14. The molecule has 3 rings (SSSR count). The quantitative estimate of drug-likeness (QED) is 0.880. The first-order valence-corrected chi connectivity index (χ1v) is 6.52. The van der Waals surface area contributed by atoms with Crippen molar-refractivity contribution in [3.8, 4) is 0 Å². The molecule has 3 nitrogen and oxygen atoms in total. The summed E-state index contributed by atoms with van der Waals surface area (Å²) >= 11 is 0. The van der Waals surface area contributed by atoms with Crippen molar-refractivity contribution in [1.29, 1.82) is 0 Å². The summed E-state index contributed by atoms with van der Waals surface area (Å²) in [6.45, 7) is 0.811. The van der Waals surface area contributed by atoms with E-state index in [1.54, 1.807) is 0 Å². The lowest BCUT2D eigenvalue weighted by Crippen LogP contribution is -2.18. The summed E-state index contributed by atoms with van der Waals surface area (Å²) in [5, 5.41) is 6.30. The average Bonchev–Trinajstić information content (AvgIpc) is 2.46. The molecular weight excluding hydrogens is 236 g/mol. The number of benzene rings is 2. The molecule has 0 bridgehead atoms. The molecule has 0 aromatic heterocycles. The number of rotatable bonds is 3. The minimum atomic E-state index is 0.109. The molecule has 0 spiro atoms. The molecule has 1 aliphatic rings. The number of amides is 1. The number of aryl methyl sites for hydroxylation is 1. The van der Waals surface area contributed by atoms with Crippen LogP contribution in [0.15, 0.2) is 48.5 Å². The van der Waals surface area contributed by atoms with Crippen LogP contribution < -0.4 is 10.6 Å². The maximum atomic E-state index is 11.3. The lowest BCUT2D eigenvalue weighted by molar-refractivity contribution is -0.116. The van der Waals surface area contributed by atoms with Gasteiger partial charge in [-0.25, -0.2) is 0 Å². The lowest BCUT2D eigenvalue weighted by atomic mass is 10.0. The van der Waals surface area contributed by atoms with E-state index in [1.165, 1.54) is 11.1 Å². The third-order valence-corrected chi connectivity index (χ3v) is 3.34. The van der Waals surface area contributed by atoms with Crippen LogP contribution in [-0.2, 0) is 17.8 Å². The van der Waals surface area contributed by atoms with Crippen molar-refractivity contribution < 1.29 is 4.79 Å². The first-order chi connectivity index (χ1) is 9.31. The van der Waals surface area contributed by atoms with Crippen LogP contribution in [0, 0.1) is 0 Å². The minimum absolute atomic E-state index is 0.109. The van der Waals surface area contributed by atoms with Gasteiger partial charge in [0.25, 0.3) is 0 Å². The van der Waals surface area contributed by atoms with Crippen LogP contribution in [0.25, 0.3) is 0 Å². The van der Waals surface area contributed by atoms with E-state index in [2.05, 4.69) is 28.8 Å². The zero-order chi connectivity index (χ0) is 13.1. The number of hydrogen-bond donors (Lipinski definition) is 2. The Morgan fingerprint density at radius 2 is 1.89 bits per heavy atom. The second-order valence-electron chi connectivity index (χ2n) is 4.76. The van der Waals surface area contributed by atoms with Gasteiger partial charge in [0.05, 0.1) is 0 Å². The molecule has 1 aliphatic heterocycles. The van der Waals surface area contributed by atoms with Crippen LogP contribution in [-0.4, -0.2) is 5.91 Å². The Labute approximate surface area is 112 Å². The van der Waals surface area contributed by atoms with Gasteiger partial charge in [-0.15, -0.1) is 0 Å². The number of anilines is 2. The number of carbonyl (C=O) groups excluding carboxylic acids is 1. The van der Waals surface area contributed by atoms with Gasteiger partial charge >= 0.3 is 0 Å². The minimum Gasteiger partial charge on any atom is -0.381 e. The van der Waals surface area contributed by atoms with Gasteiger partial charge < -0.3 is 10.6 Å². The van der Waals surface area contributed by atoms with Gasteiger partial charge in [0.15, 0.2) is 0 Å². The lowest BCUT2D eigenvalue weighted by Gasteiger charge is -2.18. The summed E-state index contributed by atoms with van der Waals surface area (Å²) in [5.74, 6) is 0.109. The molecule has 2 aromatic carbocycles. The van der Waals surface area contributed by atoms with Gasteiger partial charge in [0, 0.05) is 24.3 Å². The summed E-state index contributed by atoms with van der Waals surface area (Å²) in [6, 6.07) is 16.4. The summed E-state index contributed by atoms with van der Waals surface area (Å²) in [6.07, 6.45) is 1.40. The van der Waals surface area contributed by atoms with E-state index in [0.29, 0.717) is 6.42 Å². The highest BCUT2D eigenvalue weighted by Gasteiger charge is 2.14. The third-order valence-electron chi connectivity index (χ3n) is 3.34. The Hall–Kier alpha value is -2.29. The first kappa shape index (κ1) is 11.8. The van der Waals surface area contributed by atoms with Crippen molar-refractivity contribution in [2.75, 3.05) is 10.6 Å². The fraction of sp³-hybridized carbons (Fsp3) is 0.188. The van der Waals surface area contributed by atoms with Crippen LogP contribution in [0.1, 0.15) is 17.5 Å². The monoisotopic (exact) mass is 252 g/mol. The van der Waals surface area contributed by atoms with Crippen molar-refractivity contribution in [3.05, 3.63) is 59.7 Å². The summed E-state index contributed by atoms with van der Waals surface area (Å²) < 4.78 is 0. The van der Waals surface area contributed by atoms with Gasteiger partial charge in [-0.2, -0.15) is 0 Å². The van der Waals surface area contributed by atoms with Crippen LogP contribution in [0.3, 0.4) is 0 Å². The number of hydrogen-bond acceptors (Lipinski definition) is 2. The predicted molar refractivity (Wildman–Crippen MR) is 77.2 cm³/mol. The summed E-state index contributed by atoms with van der Waals surface area (Å²) in [4.78, 5) is 11.3. The molecule has 0 saturated carbocycles. The van der Waals surface area contributed by atoms with E-state index < -0.39 is 0 Å². The average molecular weight is 252 g/mol. The number of carbonyl (C=O) groups is 1. The van der Waals surface area contributed by atoms with Crippen LogP contribution in [0.5, 0.6) is 0 Å². The molecule has 3 heteroatoms. The van der Waals surface area contributed by atoms with Crippen LogP contribution in [0.2, 0.25) is 0 Å². The van der Waals surface area contributed by atoms with Gasteiger partial charge in [-0.05, 0) is 35.7 Å². The highest BCUT2D eigenvalue weighted by Crippen LogP contribution is 2.25. The van der Waals surface area contributed by atoms with E-state index in [4.69, 9.17) is 0 Å². The molecule has 0 radical (unpaired) electrons. The van der Waals surface area contributed by atoms with E-state index >= 15 is 0 Å². The van der Waals surface area contributed by atoms with Crippen LogP contribution >= 0.6 is 0 Å². The maximum Gasteiger partial charge on any atom is 0.224 e. The topological polar surface area (TPSA) is 41.1 Å². The Bertz CT molecular complexity index is 593. The van der Waals surface area contributed by atoms with E-state index in [1.807, 2.05) is 30.3 Å². The molecule has 2 aromatic rings. The second-order valence-corrected chi connectivity index (χ2v) is 4.76. The molecule has 96 valence electrons. The zero-order valence-electron chi connectivity index (χ0n) is 10.6. The van der Waals surface area contributed by atoms with E-state index in [9.17, 15) is 4.79 Å². The smallest absolute Gasteiger partial charge is 0.224 e. The highest BCUT2D eigenvalue weighted by molar-refractivity contribution is 5.94. The third kappa shape index (κ3) is 2.76. The van der Waals surface area contributed by atoms with Crippen molar-refractivity contribution in [1.82, 2.24) is 0 Å². The molecule has 0 unspecified atom stereocenters. The van der Waals surface area contributed by atoms with Crippen molar-refractivity contribution >= 4 is 17.3 Å². The van der Waals surface area contributed by atoms with Crippen molar-refractivity contribution in [3.63, 3.8) is 0 Å². The summed E-state index contributed by atoms with van der Waals surface area (Å²) in [5.41, 5.74) is 4.51. The fourth-order valence-electron chi connectivity index (χ4n) is 2.29. The van der Waals surface area contributed by atoms with Gasteiger partial charge in [0.2, 0.25) is 5.91 Å². The van der Waals surface area contributed by atoms with Gasteiger partial charge in [0.1, 0.15) is 0 Å². The first-order valence-electron chi connectivity index (χ1n) is 6.52. The molecule has 0 atom stereocenters. The SMILES string of the molecule is O=C1CCc2cc(NCc3ccccc3)ccc2N1. The van der Waals surface area contributed by atoms with Crippen molar-refractivity contribution in [2.45, 2.75) is 19.4 Å².